The molecule has 0 spiro atoms. The van der Waals surface area contributed by atoms with Crippen molar-refractivity contribution in [2.24, 2.45) is 11.7 Å². The summed E-state index contributed by atoms with van der Waals surface area (Å²) >= 11 is 0. The Labute approximate surface area is 157 Å². The molecule has 6 heteroatoms. The van der Waals surface area contributed by atoms with E-state index in [0.29, 0.717) is 41.8 Å². The highest BCUT2D eigenvalue weighted by molar-refractivity contribution is 5.96. The fourth-order valence-electron chi connectivity index (χ4n) is 3.33. The molecule has 0 aliphatic carbocycles. The smallest absolute Gasteiger partial charge is 0.253 e. The maximum atomic E-state index is 14.2. The summed E-state index contributed by atoms with van der Waals surface area (Å²) in [6, 6.07) is 10.8. The number of piperidine rings is 1. The molecule has 0 unspecified atom stereocenters. The summed E-state index contributed by atoms with van der Waals surface area (Å²) in [5, 5.41) is 0. The predicted molar refractivity (Wildman–Crippen MR) is 99.7 cm³/mol. The zero-order valence-electron chi connectivity index (χ0n) is 15.1. The number of rotatable bonds is 4. The molecule has 2 aromatic carbocycles. The van der Waals surface area contributed by atoms with E-state index in [0.717, 1.165) is 6.42 Å². The number of carbonyl (C=O) groups excluding carboxylic acids is 3. The normalized spacial score (nSPS) is 16.8. The Morgan fingerprint density at radius 1 is 1.07 bits per heavy atom. The molecule has 2 amide bonds. The van der Waals surface area contributed by atoms with Gasteiger partial charge in [0.25, 0.3) is 5.91 Å². The molecule has 1 heterocycles. The van der Waals surface area contributed by atoms with Crippen molar-refractivity contribution in [3.8, 4) is 11.1 Å². The van der Waals surface area contributed by atoms with E-state index in [1.165, 1.54) is 25.1 Å². The highest BCUT2D eigenvalue weighted by Gasteiger charge is 2.27. The van der Waals surface area contributed by atoms with E-state index in [1.807, 2.05) is 0 Å². The Morgan fingerprint density at radius 2 is 1.74 bits per heavy atom. The van der Waals surface area contributed by atoms with Crippen LogP contribution >= 0.6 is 0 Å². The van der Waals surface area contributed by atoms with Crippen molar-refractivity contribution < 1.29 is 18.8 Å². The average Bonchev–Trinajstić information content (AvgIpc) is 2.68. The van der Waals surface area contributed by atoms with Crippen LogP contribution in [0.25, 0.3) is 11.1 Å². The van der Waals surface area contributed by atoms with E-state index in [2.05, 4.69) is 0 Å². The number of hydrogen-bond acceptors (Lipinski definition) is 3. The Bertz CT molecular complexity index is 893. The van der Waals surface area contributed by atoms with E-state index in [4.69, 9.17) is 5.73 Å². The van der Waals surface area contributed by atoms with Gasteiger partial charge in [0.1, 0.15) is 5.82 Å². The molecule has 0 saturated carbocycles. The molecule has 0 radical (unpaired) electrons. The lowest BCUT2D eigenvalue weighted by molar-refractivity contribution is -0.123. The monoisotopic (exact) mass is 368 g/mol. The molecule has 1 saturated heterocycles. The summed E-state index contributed by atoms with van der Waals surface area (Å²) in [7, 11) is 0. The van der Waals surface area contributed by atoms with Gasteiger partial charge in [-0.25, -0.2) is 4.39 Å². The van der Waals surface area contributed by atoms with Crippen molar-refractivity contribution in [1.82, 2.24) is 4.90 Å². The molecule has 0 aromatic heterocycles. The van der Waals surface area contributed by atoms with Gasteiger partial charge >= 0.3 is 0 Å². The van der Waals surface area contributed by atoms with Crippen LogP contribution in [0, 0.1) is 11.7 Å². The largest absolute Gasteiger partial charge is 0.369 e. The van der Waals surface area contributed by atoms with E-state index in [9.17, 15) is 18.8 Å². The van der Waals surface area contributed by atoms with Crippen LogP contribution in [0.15, 0.2) is 42.5 Å². The van der Waals surface area contributed by atoms with E-state index < -0.39 is 5.82 Å². The van der Waals surface area contributed by atoms with Crippen LogP contribution in [0.5, 0.6) is 0 Å². The highest BCUT2D eigenvalue weighted by atomic mass is 19.1. The van der Waals surface area contributed by atoms with Gasteiger partial charge < -0.3 is 10.6 Å². The number of nitrogens with zero attached hydrogens (tertiary/aromatic N) is 1. The van der Waals surface area contributed by atoms with Crippen molar-refractivity contribution in [3.63, 3.8) is 0 Å². The summed E-state index contributed by atoms with van der Waals surface area (Å²) in [5.74, 6) is -1.45. The van der Waals surface area contributed by atoms with E-state index >= 15 is 0 Å². The number of ketones is 1. The van der Waals surface area contributed by atoms with Crippen LogP contribution in [0.3, 0.4) is 0 Å². The van der Waals surface area contributed by atoms with Crippen molar-refractivity contribution in [2.45, 2.75) is 19.8 Å². The lowest BCUT2D eigenvalue weighted by Crippen LogP contribution is -2.44. The molecule has 140 valence electrons. The predicted octanol–water partition coefficient (Wildman–Crippen LogP) is 3.03. The number of likely N-dealkylation sites (tertiary alicyclic amines) is 1. The van der Waals surface area contributed by atoms with Gasteiger partial charge in [0.2, 0.25) is 5.91 Å². The lowest BCUT2D eigenvalue weighted by Gasteiger charge is -2.31. The third-order valence-corrected chi connectivity index (χ3v) is 4.93. The molecular weight excluding hydrogens is 347 g/mol. The third-order valence-electron chi connectivity index (χ3n) is 4.93. The number of benzene rings is 2. The molecule has 1 aliphatic heterocycles. The summed E-state index contributed by atoms with van der Waals surface area (Å²) in [4.78, 5) is 37.2. The van der Waals surface area contributed by atoms with Gasteiger partial charge in [-0.1, -0.05) is 12.1 Å². The molecule has 3 rings (SSSR count). The van der Waals surface area contributed by atoms with Crippen LogP contribution in [0.4, 0.5) is 4.39 Å². The van der Waals surface area contributed by atoms with E-state index in [-0.39, 0.29) is 23.5 Å². The fourth-order valence-corrected chi connectivity index (χ4v) is 3.33. The molecule has 1 fully saturated rings. The van der Waals surface area contributed by atoms with Gasteiger partial charge in [-0.05, 0) is 55.7 Å². The molecular formula is C21H21FN2O3. The maximum Gasteiger partial charge on any atom is 0.253 e. The molecule has 2 aromatic rings. The topological polar surface area (TPSA) is 80.5 Å². The number of carbonyl (C=O) groups is 3. The van der Waals surface area contributed by atoms with Gasteiger partial charge in [-0.15, -0.1) is 0 Å². The zero-order valence-corrected chi connectivity index (χ0v) is 15.1. The first-order valence-corrected chi connectivity index (χ1v) is 8.86. The van der Waals surface area contributed by atoms with Crippen LogP contribution in [0.1, 0.15) is 40.5 Å². The fraction of sp³-hybridized carbons (Fsp3) is 0.286. The van der Waals surface area contributed by atoms with Crippen LogP contribution in [-0.4, -0.2) is 35.6 Å². The van der Waals surface area contributed by atoms with Crippen LogP contribution < -0.4 is 5.73 Å². The molecule has 0 bridgehead atoms. The van der Waals surface area contributed by atoms with Gasteiger partial charge in [0.15, 0.2) is 5.78 Å². The molecule has 5 nitrogen and oxygen atoms in total. The van der Waals surface area contributed by atoms with E-state index in [1.54, 1.807) is 29.2 Å². The van der Waals surface area contributed by atoms with Crippen molar-refractivity contribution in [2.75, 3.05) is 13.1 Å². The minimum atomic E-state index is -0.431. The first-order valence-electron chi connectivity index (χ1n) is 8.86. The first-order chi connectivity index (χ1) is 12.9. The zero-order chi connectivity index (χ0) is 19.6. The Balaban J connectivity index is 1.81. The van der Waals surface area contributed by atoms with Gasteiger partial charge in [0, 0.05) is 29.8 Å². The third kappa shape index (κ3) is 4.05. The number of hydrogen-bond donors (Lipinski definition) is 1. The summed E-state index contributed by atoms with van der Waals surface area (Å²) in [6.45, 7) is 2.33. The van der Waals surface area contributed by atoms with Crippen molar-refractivity contribution >= 4 is 17.6 Å². The Morgan fingerprint density at radius 3 is 2.37 bits per heavy atom. The summed E-state index contributed by atoms with van der Waals surface area (Å²) in [5.41, 5.74) is 7.15. The maximum absolute atomic E-state index is 14.2. The number of primary amides is 1. The lowest BCUT2D eigenvalue weighted by atomic mass is 9.96. The second-order valence-electron chi connectivity index (χ2n) is 6.82. The second kappa shape index (κ2) is 7.70. The minimum absolute atomic E-state index is 0.142. The summed E-state index contributed by atoms with van der Waals surface area (Å²) < 4.78 is 14.2. The van der Waals surface area contributed by atoms with Crippen molar-refractivity contribution in [1.29, 1.82) is 0 Å². The SMILES string of the molecule is CC(=O)c1ccc(F)c(-c2ccc(C(=O)N3CCC[C@@H](C(N)=O)C3)cc2)c1. The first kappa shape index (κ1) is 18.8. The summed E-state index contributed by atoms with van der Waals surface area (Å²) in [6.07, 6.45) is 1.43. The van der Waals surface area contributed by atoms with Crippen LogP contribution in [-0.2, 0) is 4.79 Å². The van der Waals surface area contributed by atoms with Crippen molar-refractivity contribution in [3.05, 3.63) is 59.4 Å². The molecule has 27 heavy (non-hydrogen) atoms. The quantitative estimate of drug-likeness (QED) is 0.843. The Hall–Kier alpha value is -3.02. The average molecular weight is 368 g/mol. The number of halogens is 1. The minimum Gasteiger partial charge on any atom is -0.369 e. The molecule has 1 atom stereocenters. The molecule has 1 aliphatic rings. The second-order valence-corrected chi connectivity index (χ2v) is 6.82. The number of amides is 2. The number of Topliss-reactive ketones (excluding diaryl/α,β-unsaturated/α-hetero) is 1. The standard InChI is InChI=1S/C21H21FN2O3/c1-13(25)16-8-9-19(22)18(11-16)14-4-6-15(7-5-14)21(27)24-10-2-3-17(12-24)20(23)26/h4-9,11,17H,2-3,10,12H2,1H3,(H2,23,26)/t17-/m1/s1. The van der Waals surface area contributed by atoms with Gasteiger partial charge in [-0.2, -0.15) is 0 Å². The van der Waals surface area contributed by atoms with Gasteiger partial charge in [-0.3, -0.25) is 14.4 Å². The molecule has 2 N–H and O–H groups in total. The number of nitrogens with two attached hydrogens (primary N) is 1. The van der Waals surface area contributed by atoms with Crippen LogP contribution in [0.2, 0.25) is 0 Å². The highest BCUT2D eigenvalue weighted by Crippen LogP contribution is 2.26. The van der Waals surface area contributed by atoms with Gasteiger partial charge in [0.05, 0.1) is 5.92 Å². The Kier molecular flexibility index (Phi) is 5.35.